The smallest absolute Gasteiger partial charge is 0.133 e. The molecule has 1 N–H and O–H groups in total. The van der Waals surface area contributed by atoms with E-state index in [9.17, 15) is 0 Å². The first-order valence-electron chi connectivity index (χ1n) is 21.4. The monoisotopic (exact) mass is 791 g/mol. The topological polar surface area (TPSA) is 27.6 Å². The Bertz CT molecular complexity index is 3160. The lowest BCUT2D eigenvalue weighted by Gasteiger charge is -2.45. The molecule has 1 spiro atoms. The summed E-state index contributed by atoms with van der Waals surface area (Å²) in [7, 11) is 0. The highest BCUT2D eigenvalue weighted by molar-refractivity contribution is 6.05. The summed E-state index contributed by atoms with van der Waals surface area (Å²) in [5.41, 5.74) is 19.9. The average molecular weight is 792 g/mol. The van der Waals surface area contributed by atoms with Crippen LogP contribution in [0.3, 0.4) is 0 Å². The van der Waals surface area contributed by atoms with Gasteiger partial charge in [-0.2, -0.15) is 0 Å². The fourth-order valence-electron chi connectivity index (χ4n) is 10.1. The van der Waals surface area contributed by atoms with Gasteiger partial charge in [-0.15, -0.1) is 0 Å². The Balaban J connectivity index is 0.978. The number of rotatable bonds is 6. The first-order chi connectivity index (χ1) is 30.7. The van der Waals surface area contributed by atoms with Crippen molar-refractivity contribution < 1.29 is 0 Å². The maximum atomic E-state index is 5.28. The maximum absolute atomic E-state index is 5.28. The number of benzene rings is 9. The van der Waals surface area contributed by atoms with E-state index >= 15 is 0 Å². The molecule has 0 saturated heterocycles. The van der Waals surface area contributed by atoms with Crippen LogP contribution >= 0.6 is 0 Å². The number of nitrogens with one attached hydrogen (secondary N) is 1. The fraction of sp³-hybridized carbons (Fsp3) is 0.0339. The largest absolute Gasteiger partial charge is 0.340 e. The number of aliphatic imine (C=N–C) groups is 1. The molecule has 1 unspecified atom stereocenters. The van der Waals surface area contributed by atoms with Gasteiger partial charge < -0.3 is 10.2 Å². The second kappa shape index (κ2) is 14.6. The van der Waals surface area contributed by atoms with Crippen LogP contribution in [0.15, 0.2) is 242 Å². The fourth-order valence-corrected chi connectivity index (χ4v) is 10.1. The van der Waals surface area contributed by atoms with E-state index in [4.69, 9.17) is 4.99 Å². The summed E-state index contributed by atoms with van der Waals surface area (Å²) in [6, 6.07) is 83.6. The zero-order valence-corrected chi connectivity index (χ0v) is 34.0. The van der Waals surface area contributed by atoms with Crippen molar-refractivity contribution in [1.82, 2.24) is 5.32 Å². The van der Waals surface area contributed by atoms with Crippen LogP contribution in [0, 0.1) is 0 Å². The van der Waals surface area contributed by atoms with E-state index in [1.165, 1.54) is 61.4 Å². The van der Waals surface area contributed by atoms with Crippen LogP contribution in [-0.4, -0.2) is 5.84 Å². The van der Waals surface area contributed by atoms with E-state index in [-0.39, 0.29) is 6.04 Å². The van der Waals surface area contributed by atoms with Crippen molar-refractivity contribution >= 4 is 28.6 Å². The van der Waals surface area contributed by atoms with E-state index in [0.29, 0.717) is 0 Å². The SMILES string of the molecule is C1=C(c2cccc(-c3ccc4c(c3)C3(c5ccccc5-4)c4ccccc4N(c4ccccc4)c4ccccc43)c2)NC(c2ccc(-c3ccccc3)cc2)=NC1c1ccccc1. The van der Waals surface area contributed by atoms with Gasteiger partial charge in [0, 0.05) is 16.9 Å². The van der Waals surface area contributed by atoms with Crippen LogP contribution in [-0.2, 0) is 5.41 Å². The number of amidine groups is 1. The summed E-state index contributed by atoms with van der Waals surface area (Å²) in [4.78, 5) is 7.71. The van der Waals surface area contributed by atoms with Gasteiger partial charge in [0.15, 0.2) is 0 Å². The molecule has 0 aromatic heterocycles. The van der Waals surface area contributed by atoms with Crippen molar-refractivity contribution in [1.29, 1.82) is 0 Å². The molecule has 62 heavy (non-hydrogen) atoms. The lowest BCUT2D eigenvalue weighted by molar-refractivity contribution is 0.753. The van der Waals surface area contributed by atoms with Gasteiger partial charge in [-0.25, -0.2) is 0 Å². The van der Waals surface area contributed by atoms with Crippen molar-refractivity contribution in [2.24, 2.45) is 4.99 Å². The molecule has 292 valence electrons. The molecule has 0 fully saturated rings. The standard InChI is InChI=1S/C59H41N3/c1-4-17-40(18-5-1)41-31-33-43(34-32-41)58-60-54(42-19-6-2-7-20-42)39-55(61-58)46-22-16-21-44(37-46)45-35-36-49-48-25-10-11-26-50(48)59(53(49)38-45)51-27-12-14-29-56(51)62(47-23-8-3-9-24-47)57-30-15-13-28-52(57)59/h1-39,54H,(H,60,61). The van der Waals surface area contributed by atoms with Gasteiger partial charge in [-0.05, 0) is 109 Å². The van der Waals surface area contributed by atoms with Gasteiger partial charge in [-0.1, -0.05) is 194 Å². The normalized spacial score (nSPS) is 15.4. The summed E-state index contributed by atoms with van der Waals surface area (Å²) in [6.45, 7) is 0. The first kappa shape index (κ1) is 35.9. The molecule has 9 aromatic rings. The molecule has 3 heteroatoms. The van der Waals surface area contributed by atoms with Gasteiger partial charge in [-0.3, -0.25) is 4.99 Å². The highest BCUT2D eigenvalue weighted by Crippen LogP contribution is 2.63. The molecule has 3 nitrogen and oxygen atoms in total. The number of hydrogen-bond acceptors (Lipinski definition) is 3. The predicted octanol–water partition coefficient (Wildman–Crippen LogP) is 14.3. The van der Waals surface area contributed by atoms with Crippen LogP contribution in [0.1, 0.15) is 45.0 Å². The van der Waals surface area contributed by atoms with E-state index < -0.39 is 5.41 Å². The van der Waals surface area contributed by atoms with Gasteiger partial charge >= 0.3 is 0 Å². The zero-order chi connectivity index (χ0) is 41.0. The van der Waals surface area contributed by atoms with Gasteiger partial charge in [0.05, 0.1) is 22.8 Å². The molecule has 2 aliphatic heterocycles. The minimum absolute atomic E-state index is 0.139. The minimum Gasteiger partial charge on any atom is -0.340 e. The van der Waals surface area contributed by atoms with Crippen LogP contribution in [0.2, 0.25) is 0 Å². The third-order valence-corrected chi connectivity index (χ3v) is 12.9. The number of anilines is 3. The second-order valence-corrected chi connectivity index (χ2v) is 16.3. The number of fused-ring (bicyclic) bond motifs is 9. The van der Waals surface area contributed by atoms with Crippen LogP contribution in [0.4, 0.5) is 17.1 Å². The molecule has 12 rings (SSSR count). The number of hydrogen-bond donors (Lipinski definition) is 1. The highest BCUT2D eigenvalue weighted by Gasteiger charge is 2.51. The molecule has 0 saturated carbocycles. The van der Waals surface area contributed by atoms with E-state index in [1.807, 2.05) is 0 Å². The second-order valence-electron chi connectivity index (χ2n) is 16.3. The van der Waals surface area contributed by atoms with Crippen LogP contribution in [0.25, 0.3) is 39.1 Å². The Hall–Kier alpha value is -8.01. The molecule has 0 radical (unpaired) electrons. The quantitative estimate of drug-likeness (QED) is 0.182. The summed E-state index contributed by atoms with van der Waals surface area (Å²) >= 11 is 0. The summed E-state index contributed by atoms with van der Waals surface area (Å²) < 4.78 is 0. The predicted molar refractivity (Wildman–Crippen MR) is 256 cm³/mol. The Morgan fingerprint density at radius 1 is 0.387 bits per heavy atom. The Kier molecular flexibility index (Phi) is 8.46. The first-order valence-corrected chi connectivity index (χ1v) is 21.4. The lowest BCUT2D eigenvalue weighted by Crippen LogP contribution is -2.36. The summed E-state index contributed by atoms with van der Waals surface area (Å²) in [5.74, 6) is 0.859. The van der Waals surface area contributed by atoms with Crippen molar-refractivity contribution in [3.8, 4) is 33.4 Å². The minimum atomic E-state index is -0.518. The molecular formula is C59H41N3. The van der Waals surface area contributed by atoms with Crippen molar-refractivity contribution in [2.75, 3.05) is 4.90 Å². The van der Waals surface area contributed by atoms with E-state index in [2.05, 4.69) is 247 Å². The zero-order valence-electron chi connectivity index (χ0n) is 34.0. The van der Waals surface area contributed by atoms with Crippen LogP contribution in [0.5, 0.6) is 0 Å². The van der Waals surface area contributed by atoms with Crippen molar-refractivity contribution in [2.45, 2.75) is 11.5 Å². The maximum Gasteiger partial charge on any atom is 0.133 e. The molecule has 9 aromatic carbocycles. The van der Waals surface area contributed by atoms with E-state index in [1.54, 1.807) is 0 Å². The summed E-state index contributed by atoms with van der Waals surface area (Å²) in [6.07, 6.45) is 2.26. The highest BCUT2D eigenvalue weighted by atomic mass is 15.2. The lowest BCUT2D eigenvalue weighted by atomic mass is 9.64. The van der Waals surface area contributed by atoms with Gasteiger partial charge in [0.25, 0.3) is 0 Å². The average Bonchev–Trinajstić information content (AvgIpc) is 3.65. The van der Waals surface area contributed by atoms with Crippen molar-refractivity contribution in [3.63, 3.8) is 0 Å². The molecule has 1 atom stereocenters. The molecule has 1 aliphatic carbocycles. The molecule has 0 bridgehead atoms. The Labute approximate surface area is 362 Å². The van der Waals surface area contributed by atoms with Gasteiger partial charge in [0.1, 0.15) is 5.84 Å². The van der Waals surface area contributed by atoms with E-state index in [0.717, 1.165) is 39.5 Å². The Morgan fingerprint density at radius 3 is 1.63 bits per heavy atom. The number of para-hydroxylation sites is 3. The van der Waals surface area contributed by atoms with Gasteiger partial charge in [0.2, 0.25) is 0 Å². The molecular weight excluding hydrogens is 751 g/mol. The third kappa shape index (κ3) is 5.70. The van der Waals surface area contributed by atoms with Crippen LogP contribution < -0.4 is 10.2 Å². The third-order valence-electron chi connectivity index (χ3n) is 12.9. The molecule has 2 heterocycles. The van der Waals surface area contributed by atoms with Crippen molar-refractivity contribution in [3.05, 3.63) is 276 Å². The molecule has 3 aliphatic rings. The summed E-state index contributed by atoms with van der Waals surface area (Å²) in [5, 5.41) is 3.77. The Morgan fingerprint density at radius 2 is 0.903 bits per heavy atom. The number of nitrogens with zero attached hydrogens (tertiary/aromatic N) is 2. The molecule has 0 amide bonds.